The summed E-state index contributed by atoms with van der Waals surface area (Å²) < 4.78 is 5.34. The third kappa shape index (κ3) is 1.61. The molecule has 0 unspecified atom stereocenters. The quantitative estimate of drug-likeness (QED) is 0.500. The molecular weight excluding hydrogens is 140 g/mol. The van der Waals surface area contributed by atoms with E-state index in [1.807, 2.05) is 26.8 Å². The molecule has 0 saturated heterocycles. The van der Waals surface area contributed by atoms with Gasteiger partial charge in [-0.15, -0.1) is 0 Å². The molecule has 62 valence electrons. The molecule has 0 fully saturated rings. The van der Waals surface area contributed by atoms with Gasteiger partial charge in [0.1, 0.15) is 11.5 Å². The molecule has 1 aromatic rings. The summed E-state index contributed by atoms with van der Waals surface area (Å²) in [4.78, 5) is 0. The molecular formula is C8H14N2O. The number of hydrogen-bond acceptors (Lipinski definition) is 3. The molecule has 3 heteroatoms. The van der Waals surface area contributed by atoms with Crippen molar-refractivity contribution in [2.45, 2.75) is 26.8 Å². The van der Waals surface area contributed by atoms with Gasteiger partial charge in [-0.2, -0.15) is 0 Å². The molecule has 11 heavy (non-hydrogen) atoms. The lowest BCUT2D eigenvalue weighted by Gasteiger charge is -2.06. The van der Waals surface area contributed by atoms with E-state index in [2.05, 4.69) is 5.43 Å². The van der Waals surface area contributed by atoms with Crippen LogP contribution in [0.15, 0.2) is 10.5 Å². The van der Waals surface area contributed by atoms with E-state index < -0.39 is 0 Å². The molecule has 0 saturated carbocycles. The summed E-state index contributed by atoms with van der Waals surface area (Å²) >= 11 is 0. The van der Waals surface area contributed by atoms with Gasteiger partial charge in [-0.25, -0.2) is 0 Å². The zero-order valence-corrected chi connectivity index (χ0v) is 7.14. The van der Waals surface area contributed by atoms with Gasteiger partial charge in [-0.05, 0) is 26.8 Å². The summed E-state index contributed by atoms with van der Waals surface area (Å²) in [5, 5.41) is 0. The lowest BCUT2D eigenvalue weighted by Crippen LogP contribution is -2.25. The van der Waals surface area contributed by atoms with Crippen LogP contribution in [0.25, 0.3) is 0 Å². The van der Waals surface area contributed by atoms with Crippen molar-refractivity contribution in [1.29, 1.82) is 0 Å². The van der Waals surface area contributed by atoms with E-state index in [-0.39, 0.29) is 6.04 Å². The largest absolute Gasteiger partial charge is 0.466 e. The predicted molar refractivity (Wildman–Crippen MR) is 43.9 cm³/mol. The molecule has 1 rings (SSSR count). The second-order valence-corrected chi connectivity index (χ2v) is 2.76. The predicted octanol–water partition coefficient (Wildman–Crippen LogP) is 1.42. The first kappa shape index (κ1) is 8.30. The number of aryl methyl sites for hydroxylation is 2. The van der Waals surface area contributed by atoms with Crippen LogP contribution < -0.4 is 11.3 Å². The van der Waals surface area contributed by atoms with Gasteiger partial charge in [0.15, 0.2) is 0 Å². The lowest BCUT2D eigenvalue weighted by atomic mass is 10.1. The fourth-order valence-corrected chi connectivity index (χ4v) is 1.17. The number of rotatable bonds is 2. The van der Waals surface area contributed by atoms with Gasteiger partial charge in [-0.3, -0.25) is 11.3 Å². The van der Waals surface area contributed by atoms with Crippen molar-refractivity contribution in [3.63, 3.8) is 0 Å². The van der Waals surface area contributed by atoms with Gasteiger partial charge >= 0.3 is 0 Å². The topological polar surface area (TPSA) is 51.2 Å². The van der Waals surface area contributed by atoms with E-state index in [4.69, 9.17) is 10.3 Å². The van der Waals surface area contributed by atoms with Crippen molar-refractivity contribution in [1.82, 2.24) is 5.43 Å². The van der Waals surface area contributed by atoms with Crippen LogP contribution in [0.4, 0.5) is 0 Å². The average Bonchev–Trinajstić information content (AvgIpc) is 2.28. The Hall–Kier alpha value is -0.800. The summed E-state index contributed by atoms with van der Waals surface area (Å²) in [6.45, 7) is 5.87. The second kappa shape index (κ2) is 3.07. The zero-order chi connectivity index (χ0) is 8.43. The van der Waals surface area contributed by atoms with Crippen LogP contribution >= 0.6 is 0 Å². The van der Waals surface area contributed by atoms with E-state index in [0.717, 1.165) is 17.1 Å². The van der Waals surface area contributed by atoms with E-state index >= 15 is 0 Å². The first-order valence-corrected chi connectivity index (χ1v) is 3.68. The maximum Gasteiger partial charge on any atom is 0.105 e. The Morgan fingerprint density at radius 2 is 2.18 bits per heavy atom. The van der Waals surface area contributed by atoms with E-state index in [1.165, 1.54) is 0 Å². The third-order valence-electron chi connectivity index (χ3n) is 1.80. The molecule has 0 radical (unpaired) electrons. The highest BCUT2D eigenvalue weighted by Gasteiger charge is 2.09. The molecule has 0 amide bonds. The van der Waals surface area contributed by atoms with Gasteiger partial charge in [-0.1, -0.05) is 0 Å². The molecule has 3 N–H and O–H groups in total. The van der Waals surface area contributed by atoms with Crippen LogP contribution in [-0.2, 0) is 0 Å². The van der Waals surface area contributed by atoms with Crippen molar-refractivity contribution in [2.24, 2.45) is 5.84 Å². The maximum absolute atomic E-state index is 5.34. The number of furan rings is 1. The molecule has 0 aliphatic heterocycles. The minimum absolute atomic E-state index is 0.160. The van der Waals surface area contributed by atoms with Crippen LogP contribution in [-0.4, -0.2) is 0 Å². The van der Waals surface area contributed by atoms with Crippen molar-refractivity contribution in [2.75, 3.05) is 0 Å². The standard InChI is InChI=1S/C8H14N2O/c1-5-4-8(6(2)10-9)7(3)11-5/h4,6,10H,9H2,1-3H3/t6-/m0/s1. The normalized spacial score (nSPS) is 13.5. The van der Waals surface area contributed by atoms with Crippen LogP contribution in [0.3, 0.4) is 0 Å². The lowest BCUT2D eigenvalue weighted by molar-refractivity contribution is 0.492. The highest BCUT2D eigenvalue weighted by atomic mass is 16.3. The fraction of sp³-hybridized carbons (Fsp3) is 0.500. The van der Waals surface area contributed by atoms with Crippen molar-refractivity contribution in [3.05, 3.63) is 23.2 Å². The Morgan fingerprint density at radius 3 is 2.55 bits per heavy atom. The Kier molecular flexibility index (Phi) is 2.31. The van der Waals surface area contributed by atoms with E-state index in [1.54, 1.807) is 0 Å². The van der Waals surface area contributed by atoms with Crippen LogP contribution in [0.2, 0.25) is 0 Å². The Balaban J connectivity index is 2.93. The molecule has 0 aliphatic rings. The minimum atomic E-state index is 0.160. The summed E-state index contributed by atoms with van der Waals surface area (Å²) in [5.74, 6) is 7.16. The minimum Gasteiger partial charge on any atom is -0.466 e. The van der Waals surface area contributed by atoms with Gasteiger partial charge in [0.25, 0.3) is 0 Å². The van der Waals surface area contributed by atoms with Gasteiger partial charge < -0.3 is 4.42 Å². The number of nitrogens with two attached hydrogens (primary N) is 1. The SMILES string of the molecule is Cc1cc([C@H](C)NN)c(C)o1. The number of nitrogens with one attached hydrogen (secondary N) is 1. The molecule has 1 aromatic heterocycles. The monoisotopic (exact) mass is 154 g/mol. The Labute approximate surface area is 66.5 Å². The molecule has 0 aliphatic carbocycles. The van der Waals surface area contributed by atoms with E-state index in [0.29, 0.717) is 0 Å². The van der Waals surface area contributed by atoms with Gasteiger partial charge in [0, 0.05) is 11.6 Å². The first-order chi connectivity index (χ1) is 5.15. The molecule has 0 aromatic carbocycles. The first-order valence-electron chi connectivity index (χ1n) is 3.68. The molecule has 1 heterocycles. The molecule has 0 spiro atoms. The summed E-state index contributed by atoms with van der Waals surface area (Å²) in [6.07, 6.45) is 0. The average molecular weight is 154 g/mol. The third-order valence-corrected chi connectivity index (χ3v) is 1.80. The summed E-state index contributed by atoms with van der Waals surface area (Å²) in [7, 11) is 0. The fourth-order valence-electron chi connectivity index (χ4n) is 1.17. The number of hydrazine groups is 1. The van der Waals surface area contributed by atoms with Crippen LogP contribution in [0, 0.1) is 13.8 Å². The highest BCUT2D eigenvalue weighted by molar-refractivity contribution is 5.23. The maximum atomic E-state index is 5.34. The molecule has 0 bridgehead atoms. The van der Waals surface area contributed by atoms with Gasteiger partial charge in [0.05, 0.1) is 0 Å². The van der Waals surface area contributed by atoms with E-state index in [9.17, 15) is 0 Å². The summed E-state index contributed by atoms with van der Waals surface area (Å²) in [6, 6.07) is 2.16. The Bertz CT molecular complexity index is 242. The highest BCUT2D eigenvalue weighted by Crippen LogP contribution is 2.19. The molecule has 3 nitrogen and oxygen atoms in total. The van der Waals surface area contributed by atoms with Crippen LogP contribution in [0.1, 0.15) is 30.0 Å². The van der Waals surface area contributed by atoms with Crippen molar-refractivity contribution >= 4 is 0 Å². The van der Waals surface area contributed by atoms with Crippen molar-refractivity contribution < 1.29 is 4.42 Å². The zero-order valence-electron chi connectivity index (χ0n) is 7.14. The Morgan fingerprint density at radius 1 is 1.55 bits per heavy atom. The van der Waals surface area contributed by atoms with Gasteiger partial charge in [0.2, 0.25) is 0 Å². The number of hydrogen-bond donors (Lipinski definition) is 2. The second-order valence-electron chi connectivity index (χ2n) is 2.76. The molecule has 1 atom stereocenters. The summed E-state index contributed by atoms with van der Waals surface area (Å²) in [5.41, 5.74) is 3.80. The smallest absolute Gasteiger partial charge is 0.105 e. The van der Waals surface area contributed by atoms with Crippen LogP contribution in [0.5, 0.6) is 0 Å². The van der Waals surface area contributed by atoms with Crippen molar-refractivity contribution in [3.8, 4) is 0 Å².